The lowest BCUT2D eigenvalue weighted by Crippen LogP contribution is -2.51. The molecule has 0 saturated carbocycles. The fraction of sp³-hybridized carbons (Fsp3) is 0.167. The maximum absolute atomic E-state index is 12.0. The van der Waals surface area contributed by atoms with Gasteiger partial charge in [0, 0.05) is 21.5 Å². The summed E-state index contributed by atoms with van der Waals surface area (Å²) in [5.74, 6) is -0.976. The number of hydrogen-bond donors (Lipinski definition) is 2. The number of benzene rings is 1. The number of nitrogens with one attached hydrogen (secondary N) is 2. The van der Waals surface area contributed by atoms with Gasteiger partial charge in [-0.05, 0) is 74.5 Å². The zero-order valence-corrected chi connectivity index (χ0v) is 16.3. The Labute approximate surface area is 159 Å². The van der Waals surface area contributed by atoms with Crippen LogP contribution in [0.5, 0.6) is 0 Å². The third kappa shape index (κ3) is 3.29. The van der Waals surface area contributed by atoms with Gasteiger partial charge in [-0.1, -0.05) is 15.9 Å². The van der Waals surface area contributed by atoms with E-state index in [-0.39, 0.29) is 10.7 Å². The molecule has 25 heavy (non-hydrogen) atoms. The summed E-state index contributed by atoms with van der Waals surface area (Å²) >= 11 is 8.33. The van der Waals surface area contributed by atoms with Crippen LogP contribution >= 0.6 is 28.1 Å². The highest BCUT2D eigenvalue weighted by Gasteiger charge is 2.26. The molecule has 2 heterocycles. The van der Waals surface area contributed by atoms with E-state index in [1.165, 1.54) is 0 Å². The molecule has 1 aromatic heterocycles. The number of carbonyl (C=O) groups excluding carboxylic acids is 2. The Balaban J connectivity index is 2.07. The van der Waals surface area contributed by atoms with Crippen LogP contribution < -0.4 is 10.6 Å². The lowest BCUT2D eigenvalue weighted by molar-refractivity contribution is -0.123. The molecule has 1 aliphatic rings. The van der Waals surface area contributed by atoms with Crippen molar-refractivity contribution < 1.29 is 9.59 Å². The van der Waals surface area contributed by atoms with Gasteiger partial charge in [0.05, 0.1) is 0 Å². The third-order valence-corrected chi connectivity index (χ3v) is 5.21. The number of halogens is 1. The quantitative estimate of drug-likeness (QED) is 0.448. The molecule has 2 amide bonds. The summed E-state index contributed by atoms with van der Waals surface area (Å²) in [5, 5.41) is 4.92. The van der Waals surface area contributed by atoms with Gasteiger partial charge in [-0.2, -0.15) is 0 Å². The van der Waals surface area contributed by atoms with Crippen molar-refractivity contribution in [2.75, 3.05) is 0 Å². The van der Waals surface area contributed by atoms with Gasteiger partial charge < -0.3 is 4.57 Å². The zero-order chi connectivity index (χ0) is 18.3. The highest BCUT2D eigenvalue weighted by atomic mass is 79.9. The van der Waals surface area contributed by atoms with Crippen molar-refractivity contribution in [1.82, 2.24) is 15.2 Å². The molecule has 1 saturated heterocycles. The first-order chi connectivity index (χ1) is 11.8. The SMILES string of the molecule is Cc1cc(-n2c(C)cc(C=C3C(=O)NC(=S)NC3=O)c2C)ccc1Br. The zero-order valence-electron chi connectivity index (χ0n) is 13.9. The molecule has 0 aliphatic carbocycles. The fourth-order valence-corrected chi connectivity index (χ4v) is 3.29. The van der Waals surface area contributed by atoms with Crippen LogP contribution in [0.2, 0.25) is 0 Å². The molecule has 1 aromatic carbocycles. The summed E-state index contributed by atoms with van der Waals surface area (Å²) in [6.07, 6.45) is 1.59. The van der Waals surface area contributed by atoms with E-state index in [9.17, 15) is 9.59 Å². The molecule has 2 aromatic rings. The first-order valence-corrected chi connectivity index (χ1v) is 8.82. The minimum absolute atomic E-state index is 0.0305. The van der Waals surface area contributed by atoms with Gasteiger partial charge in [0.2, 0.25) is 0 Å². The van der Waals surface area contributed by atoms with Gasteiger partial charge in [0.1, 0.15) is 5.57 Å². The Morgan fingerprint density at radius 1 is 1.08 bits per heavy atom. The second kappa shape index (κ2) is 6.57. The summed E-state index contributed by atoms with van der Waals surface area (Å²) in [4.78, 5) is 24.1. The van der Waals surface area contributed by atoms with Crippen LogP contribution in [0.25, 0.3) is 11.8 Å². The van der Waals surface area contributed by atoms with Crippen LogP contribution in [-0.2, 0) is 9.59 Å². The van der Waals surface area contributed by atoms with Crippen molar-refractivity contribution in [2.45, 2.75) is 20.8 Å². The Kier molecular flexibility index (Phi) is 4.62. The van der Waals surface area contributed by atoms with E-state index in [2.05, 4.69) is 37.2 Å². The summed E-state index contributed by atoms with van der Waals surface area (Å²) in [7, 11) is 0. The molecule has 128 valence electrons. The number of amides is 2. The minimum atomic E-state index is -0.488. The second-order valence-electron chi connectivity index (χ2n) is 5.89. The van der Waals surface area contributed by atoms with Gasteiger partial charge in [0.15, 0.2) is 5.11 Å². The standard InChI is InChI=1S/C18H16BrN3O2S/c1-9-6-13(4-5-15(9)19)22-10(2)7-12(11(22)3)8-14-16(23)20-18(25)21-17(14)24/h4-8H,1-3H3,(H2,20,21,23,24,25). The van der Waals surface area contributed by atoms with E-state index < -0.39 is 11.8 Å². The predicted octanol–water partition coefficient (Wildman–Crippen LogP) is 3.08. The number of aromatic nitrogens is 1. The molecule has 2 N–H and O–H groups in total. The summed E-state index contributed by atoms with van der Waals surface area (Å²) in [5.41, 5.74) is 4.97. The van der Waals surface area contributed by atoms with Crippen molar-refractivity contribution in [3.8, 4) is 5.69 Å². The van der Waals surface area contributed by atoms with E-state index in [1.807, 2.05) is 39.0 Å². The number of hydrogen-bond acceptors (Lipinski definition) is 3. The Morgan fingerprint density at radius 2 is 1.72 bits per heavy atom. The van der Waals surface area contributed by atoms with Gasteiger partial charge in [0.25, 0.3) is 11.8 Å². The third-order valence-electron chi connectivity index (χ3n) is 4.11. The number of thiocarbonyl (C=S) groups is 1. The number of nitrogens with zero attached hydrogens (tertiary/aromatic N) is 1. The first-order valence-electron chi connectivity index (χ1n) is 7.61. The largest absolute Gasteiger partial charge is 0.318 e. The van der Waals surface area contributed by atoms with Gasteiger partial charge in [-0.25, -0.2) is 0 Å². The van der Waals surface area contributed by atoms with E-state index in [1.54, 1.807) is 6.08 Å². The Bertz CT molecular complexity index is 937. The number of rotatable bonds is 2. The monoisotopic (exact) mass is 417 g/mol. The molecule has 0 radical (unpaired) electrons. The molecule has 3 rings (SSSR count). The summed E-state index contributed by atoms with van der Waals surface area (Å²) in [6, 6.07) is 8.06. The maximum Gasteiger partial charge on any atom is 0.263 e. The lowest BCUT2D eigenvalue weighted by atomic mass is 10.1. The molecule has 0 unspecified atom stereocenters. The van der Waals surface area contributed by atoms with Crippen LogP contribution in [0, 0.1) is 20.8 Å². The van der Waals surface area contributed by atoms with Crippen LogP contribution in [-0.4, -0.2) is 21.5 Å². The Hall–Kier alpha value is -2.25. The van der Waals surface area contributed by atoms with Gasteiger partial charge in [-0.15, -0.1) is 0 Å². The molecule has 5 nitrogen and oxygen atoms in total. The summed E-state index contributed by atoms with van der Waals surface area (Å²) < 4.78 is 3.14. The average Bonchev–Trinajstić information content (AvgIpc) is 2.80. The van der Waals surface area contributed by atoms with E-state index in [4.69, 9.17) is 12.2 Å². The van der Waals surface area contributed by atoms with Crippen LogP contribution in [0.1, 0.15) is 22.5 Å². The highest BCUT2D eigenvalue weighted by Crippen LogP contribution is 2.26. The van der Waals surface area contributed by atoms with Crippen molar-refractivity contribution in [3.05, 3.63) is 56.8 Å². The first kappa shape index (κ1) is 17.6. The molecule has 0 spiro atoms. The normalized spacial score (nSPS) is 14.4. The topological polar surface area (TPSA) is 63.1 Å². The molecule has 0 bridgehead atoms. The molecular weight excluding hydrogens is 402 g/mol. The van der Waals surface area contributed by atoms with Crippen LogP contribution in [0.4, 0.5) is 0 Å². The van der Waals surface area contributed by atoms with Crippen molar-refractivity contribution in [2.24, 2.45) is 0 Å². The molecule has 0 atom stereocenters. The van der Waals surface area contributed by atoms with E-state index >= 15 is 0 Å². The fourth-order valence-electron chi connectivity index (χ4n) is 2.86. The van der Waals surface area contributed by atoms with Gasteiger partial charge in [-0.3, -0.25) is 20.2 Å². The van der Waals surface area contributed by atoms with Crippen molar-refractivity contribution in [3.63, 3.8) is 0 Å². The molecule has 1 aliphatic heterocycles. The lowest BCUT2D eigenvalue weighted by Gasteiger charge is -2.16. The van der Waals surface area contributed by atoms with Crippen LogP contribution in [0.15, 0.2) is 34.3 Å². The molecular formula is C18H16BrN3O2S. The number of aryl methyl sites for hydroxylation is 2. The number of carbonyl (C=O) groups is 2. The van der Waals surface area contributed by atoms with E-state index in [0.29, 0.717) is 0 Å². The average molecular weight is 418 g/mol. The predicted molar refractivity (Wildman–Crippen MR) is 105 cm³/mol. The molecule has 1 fully saturated rings. The Morgan fingerprint density at radius 3 is 2.32 bits per heavy atom. The molecule has 7 heteroatoms. The van der Waals surface area contributed by atoms with E-state index in [0.717, 1.165) is 32.7 Å². The smallest absolute Gasteiger partial charge is 0.263 e. The van der Waals surface area contributed by atoms with Gasteiger partial charge >= 0.3 is 0 Å². The van der Waals surface area contributed by atoms with Crippen molar-refractivity contribution in [1.29, 1.82) is 0 Å². The second-order valence-corrected chi connectivity index (χ2v) is 7.15. The highest BCUT2D eigenvalue weighted by molar-refractivity contribution is 9.10. The summed E-state index contributed by atoms with van der Waals surface area (Å²) in [6.45, 7) is 5.98. The van der Waals surface area contributed by atoms with Crippen molar-refractivity contribution >= 4 is 51.2 Å². The maximum atomic E-state index is 12.0. The minimum Gasteiger partial charge on any atom is -0.318 e. The van der Waals surface area contributed by atoms with Crippen LogP contribution in [0.3, 0.4) is 0 Å².